The van der Waals surface area contributed by atoms with Gasteiger partial charge in [-0.3, -0.25) is 14.7 Å². The lowest BCUT2D eigenvalue weighted by Gasteiger charge is -2.33. The molecule has 0 saturated carbocycles. The predicted molar refractivity (Wildman–Crippen MR) is 134 cm³/mol. The summed E-state index contributed by atoms with van der Waals surface area (Å²) in [7, 11) is 1.99. The summed E-state index contributed by atoms with van der Waals surface area (Å²) in [6.45, 7) is 4.94. The maximum absolute atomic E-state index is 13.9. The van der Waals surface area contributed by atoms with Crippen molar-refractivity contribution in [1.82, 2.24) is 24.8 Å². The molecule has 2 aromatic heterocycles. The molecule has 0 atom stereocenters. The number of piperazine rings is 1. The second-order valence-corrected chi connectivity index (χ2v) is 8.84. The van der Waals surface area contributed by atoms with Crippen LogP contribution in [0.4, 0.5) is 24.8 Å². The molecular formula is C26H26F3N7O. The second kappa shape index (κ2) is 10.9. The summed E-state index contributed by atoms with van der Waals surface area (Å²) in [5.74, 6) is 5.33. The van der Waals surface area contributed by atoms with Gasteiger partial charge in [0.15, 0.2) is 0 Å². The van der Waals surface area contributed by atoms with Crippen molar-refractivity contribution in [3.8, 4) is 11.8 Å². The van der Waals surface area contributed by atoms with Crippen LogP contribution in [0.5, 0.6) is 0 Å². The van der Waals surface area contributed by atoms with Gasteiger partial charge in [0.2, 0.25) is 5.95 Å². The molecule has 0 aliphatic carbocycles. The van der Waals surface area contributed by atoms with Crippen LogP contribution in [0.15, 0.2) is 42.9 Å². The van der Waals surface area contributed by atoms with Gasteiger partial charge in [0, 0.05) is 62.6 Å². The van der Waals surface area contributed by atoms with Gasteiger partial charge in [-0.1, -0.05) is 17.9 Å². The van der Waals surface area contributed by atoms with Gasteiger partial charge >= 0.3 is 6.18 Å². The van der Waals surface area contributed by atoms with Gasteiger partial charge in [-0.15, -0.1) is 0 Å². The largest absolute Gasteiger partial charge is 0.416 e. The predicted octanol–water partition coefficient (Wildman–Crippen LogP) is 3.18. The third kappa shape index (κ3) is 6.81. The van der Waals surface area contributed by atoms with Crippen LogP contribution in [0.2, 0.25) is 0 Å². The molecule has 0 spiro atoms. The third-order valence-electron chi connectivity index (χ3n) is 6.03. The first-order chi connectivity index (χ1) is 17.6. The van der Waals surface area contributed by atoms with E-state index < -0.39 is 17.6 Å². The zero-order valence-corrected chi connectivity index (χ0v) is 20.4. The summed E-state index contributed by atoms with van der Waals surface area (Å²) in [5.41, 5.74) is 6.71. The van der Waals surface area contributed by atoms with E-state index >= 15 is 0 Å². The van der Waals surface area contributed by atoms with Crippen LogP contribution in [-0.4, -0.2) is 63.9 Å². The number of hydrogen-bond donors (Lipinski definition) is 2. The maximum Gasteiger partial charge on any atom is 0.416 e. The number of nitrogens with one attached hydrogen (secondary N) is 1. The fourth-order valence-electron chi connectivity index (χ4n) is 3.83. The molecule has 1 saturated heterocycles. The lowest BCUT2D eigenvalue weighted by molar-refractivity contribution is -0.138. The van der Waals surface area contributed by atoms with E-state index in [1.54, 1.807) is 6.92 Å². The molecule has 3 heterocycles. The Morgan fingerprint density at radius 3 is 2.43 bits per heavy atom. The van der Waals surface area contributed by atoms with Crippen molar-refractivity contribution in [3.63, 3.8) is 0 Å². The number of alkyl halides is 3. The third-order valence-corrected chi connectivity index (χ3v) is 6.03. The molecule has 3 aromatic rings. The number of anilines is 2. The highest BCUT2D eigenvalue weighted by molar-refractivity contribution is 6.04. The Hall–Kier alpha value is -4.01. The van der Waals surface area contributed by atoms with Crippen molar-refractivity contribution in [1.29, 1.82) is 0 Å². The number of aromatic nitrogens is 3. The van der Waals surface area contributed by atoms with E-state index in [9.17, 15) is 18.0 Å². The Morgan fingerprint density at radius 2 is 1.76 bits per heavy atom. The minimum Gasteiger partial charge on any atom is -0.368 e. The quantitative estimate of drug-likeness (QED) is 0.521. The number of nitrogens with two attached hydrogens (primary N) is 1. The molecule has 192 valence electrons. The molecule has 1 fully saturated rings. The summed E-state index contributed by atoms with van der Waals surface area (Å²) in [5, 5.41) is 2.55. The normalized spacial score (nSPS) is 14.6. The Bertz CT molecular complexity index is 1340. The number of halogens is 3. The Kier molecular flexibility index (Phi) is 7.71. The number of rotatable bonds is 4. The molecule has 1 aliphatic rings. The number of carbonyl (C=O) groups is 1. The number of benzene rings is 1. The van der Waals surface area contributed by atoms with Crippen LogP contribution in [0, 0.1) is 18.8 Å². The van der Waals surface area contributed by atoms with E-state index in [-0.39, 0.29) is 29.3 Å². The second-order valence-electron chi connectivity index (χ2n) is 8.84. The number of pyridine rings is 1. The van der Waals surface area contributed by atoms with Gasteiger partial charge in [-0.2, -0.15) is 13.2 Å². The highest BCUT2D eigenvalue weighted by atomic mass is 19.4. The molecule has 1 aromatic carbocycles. The summed E-state index contributed by atoms with van der Waals surface area (Å²) < 4.78 is 41.6. The number of likely N-dealkylation sites (N-methyl/N-ethyl adjacent to an activating group) is 1. The lowest BCUT2D eigenvalue weighted by Crippen LogP contribution is -2.44. The highest BCUT2D eigenvalue weighted by Crippen LogP contribution is 2.34. The first-order valence-corrected chi connectivity index (χ1v) is 11.6. The molecule has 4 rings (SSSR count). The molecule has 0 bridgehead atoms. The van der Waals surface area contributed by atoms with Crippen LogP contribution in [0.3, 0.4) is 0 Å². The average Bonchev–Trinajstić information content (AvgIpc) is 2.86. The van der Waals surface area contributed by atoms with Crippen LogP contribution >= 0.6 is 0 Å². The fourth-order valence-corrected chi connectivity index (χ4v) is 3.83. The smallest absolute Gasteiger partial charge is 0.368 e. The molecule has 37 heavy (non-hydrogen) atoms. The van der Waals surface area contributed by atoms with Crippen LogP contribution < -0.4 is 11.1 Å². The van der Waals surface area contributed by atoms with E-state index in [4.69, 9.17) is 5.73 Å². The van der Waals surface area contributed by atoms with Crippen molar-refractivity contribution in [2.45, 2.75) is 19.6 Å². The van der Waals surface area contributed by atoms with Crippen molar-refractivity contribution in [2.24, 2.45) is 0 Å². The fraction of sp³-hybridized carbons (Fsp3) is 0.308. The van der Waals surface area contributed by atoms with E-state index in [0.29, 0.717) is 29.9 Å². The Morgan fingerprint density at radius 1 is 1.05 bits per heavy atom. The average molecular weight is 510 g/mol. The molecule has 1 aliphatic heterocycles. The molecular weight excluding hydrogens is 483 g/mol. The summed E-state index contributed by atoms with van der Waals surface area (Å²) in [6, 6.07) is 5.43. The van der Waals surface area contributed by atoms with Gasteiger partial charge in [-0.25, -0.2) is 9.97 Å². The first kappa shape index (κ1) is 26.1. The van der Waals surface area contributed by atoms with E-state index in [1.165, 1.54) is 36.8 Å². The van der Waals surface area contributed by atoms with Crippen molar-refractivity contribution < 1.29 is 18.0 Å². The molecule has 3 N–H and O–H groups in total. The van der Waals surface area contributed by atoms with Gasteiger partial charge in [0.1, 0.15) is 0 Å². The van der Waals surface area contributed by atoms with Crippen LogP contribution in [-0.2, 0) is 12.7 Å². The van der Waals surface area contributed by atoms with E-state index in [2.05, 4.69) is 37.0 Å². The van der Waals surface area contributed by atoms with E-state index in [1.807, 2.05) is 11.9 Å². The maximum atomic E-state index is 13.9. The van der Waals surface area contributed by atoms with Crippen molar-refractivity contribution in [3.05, 3.63) is 76.4 Å². The van der Waals surface area contributed by atoms with E-state index in [0.717, 1.165) is 19.2 Å². The van der Waals surface area contributed by atoms with Gasteiger partial charge < -0.3 is 16.0 Å². The molecule has 1 amide bonds. The minimum atomic E-state index is -4.55. The standard InChI is InChI=1S/C26H26F3N7O/c1-17-19(4-3-18-13-32-25(30)33-14-18)11-21(15-31-17)24(37)34-22-6-5-20(23(12-22)26(27,28)29)16-36-9-7-35(2)8-10-36/h5-6,11-15H,7-10,16H2,1-2H3,(H,34,37)(H2,30,32,33). The zero-order chi connectivity index (χ0) is 26.6. The number of aryl methyl sites for hydroxylation is 1. The summed E-state index contributed by atoms with van der Waals surface area (Å²) >= 11 is 0. The van der Waals surface area contributed by atoms with Gasteiger partial charge in [0.25, 0.3) is 5.91 Å². The van der Waals surface area contributed by atoms with Gasteiger partial charge in [0.05, 0.1) is 22.4 Å². The van der Waals surface area contributed by atoms with Crippen molar-refractivity contribution in [2.75, 3.05) is 44.3 Å². The van der Waals surface area contributed by atoms with Crippen molar-refractivity contribution >= 4 is 17.5 Å². The number of hydrogen-bond acceptors (Lipinski definition) is 7. The lowest BCUT2D eigenvalue weighted by atomic mass is 10.0. The molecule has 8 nitrogen and oxygen atoms in total. The van der Waals surface area contributed by atoms with Crippen LogP contribution in [0.1, 0.15) is 38.3 Å². The first-order valence-electron chi connectivity index (χ1n) is 11.6. The topological polar surface area (TPSA) is 100 Å². The number of carbonyl (C=O) groups excluding carboxylic acids is 1. The Labute approximate surface area is 212 Å². The SMILES string of the molecule is Cc1ncc(C(=O)Nc2ccc(CN3CCN(C)CC3)c(C(F)(F)F)c2)cc1C#Cc1cnc(N)nc1. The zero-order valence-electron chi connectivity index (χ0n) is 20.4. The Balaban J connectivity index is 1.52. The highest BCUT2D eigenvalue weighted by Gasteiger charge is 2.34. The van der Waals surface area contributed by atoms with Gasteiger partial charge in [-0.05, 0) is 37.7 Å². The monoisotopic (exact) mass is 509 g/mol. The molecule has 11 heteroatoms. The number of nitrogen functional groups attached to an aromatic ring is 1. The number of amides is 1. The summed E-state index contributed by atoms with van der Waals surface area (Å²) in [6.07, 6.45) is -0.252. The number of nitrogens with zero attached hydrogens (tertiary/aromatic N) is 5. The molecule has 0 unspecified atom stereocenters. The minimum absolute atomic E-state index is 0.0479. The molecule has 0 radical (unpaired) electrons. The summed E-state index contributed by atoms with van der Waals surface area (Å²) in [4.78, 5) is 28.9. The van der Waals surface area contributed by atoms with Crippen LogP contribution in [0.25, 0.3) is 0 Å².